The Morgan fingerprint density at radius 2 is 1.80 bits per heavy atom. The molecule has 15 heavy (non-hydrogen) atoms. The Bertz CT molecular complexity index is 256. The quantitative estimate of drug-likeness (QED) is 0.279. The summed E-state index contributed by atoms with van der Waals surface area (Å²) in [6.45, 7) is 1.13. The van der Waals surface area contributed by atoms with Crippen molar-refractivity contribution < 1.29 is 24.2 Å². The van der Waals surface area contributed by atoms with Crippen molar-refractivity contribution in [1.29, 1.82) is 0 Å². The summed E-state index contributed by atoms with van der Waals surface area (Å²) >= 11 is 0. The third kappa shape index (κ3) is 7.69. The molecule has 2 atom stereocenters. The van der Waals surface area contributed by atoms with Crippen molar-refractivity contribution >= 4 is 55.6 Å². The predicted octanol–water partition coefficient (Wildman–Crippen LogP) is -2.74. The molecule has 2 unspecified atom stereocenters. The molecule has 0 saturated carbocycles. The SMILES string of the molecule is CC(O)C(=O)OC(=O)C(N)CC(N)=O.[Ca+2]. The molecule has 0 saturated heterocycles. The molecular formula is C7H12CaN2O5+2. The number of carbonyl (C=O) groups excluding carboxylic acids is 3. The van der Waals surface area contributed by atoms with Crippen LogP contribution >= 0.6 is 0 Å². The van der Waals surface area contributed by atoms with Crippen molar-refractivity contribution in [2.24, 2.45) is 11.5 Å². The van der Waals surface area contributed by atoms with E-state index in [1.165, 1.54) is 0 Å². The number of amides is 1. The monoisotopic (exact) mass is 244 g/mol. The van der Waals surface area contributed by atoms with E-state index >= 15 is 0 Å². The van der Waals surface area contributed by atoms with E-state index in [1.807, 2.05) is 0 Å². The smallest absolute Gasteiger partial charge is 0.390 e. The Kier molecular flexibility index (Phi) is 9.17. The Hall–Kier alpha value is -0.210. The second kappa shape index (κ2) is 8.00. The van der Waals surface area contributed by atoms with Gasteiger partial charge in [-0.3, -0.25) is 4.79 Å². The maximum absolute atomic E-state index is 10.9. The van der Waals surface area contributed by atoms with Crippen LogP contribution < -0.4 is 11.5 Å². The van der Waals surface area contributed by atoms with Crippen molar-refractivity contribution in [2.75, 3.05) is 0 Å². The minimum Gasteiger partial charge on any atom is -0.390 e. The van der Waals surface area contributed by atoms with E-state index in [4.69, 9.17) is 16.6 Å². The maximum Gasteiger partial charge on any atom is 2.00 e. The molecule has 0 fully saturated rings. The largest absolute Gasteiger partial charge is 2.00 e. The van der Waals surface area contributed by atoms with Gasteiger partial charge in [-0.1, -0.05) is 0 Å². The van der Waals surface area contributed by atoms with Gasteiger partial charge in [0.25, 0.3) is 0 Å². The first-order valence-corrected chi connectivity index (χ1v) is 3.82. The van der Waals surface area contributed by atoms with E-state index < -0.39 is 36.4 Å². The minimum absolute atomic E-state index is 0. The van der Waals surface area contributed by atoms with Gasteiger partial charge < -0.3 is 21.3 Å². The zero-order valence-corrected chi connectivity index (χ0v) is 10.5. The third-order valence-electron chi connectivity index (χ3n) is 1.27. The molecule has 0 spiro atoms. The molecule has 0 aliphatic carbocycles. The van der Waals surface area contributed by atoms with Gasteiger partial charge in [-0.15, -0.1) is 0 Å². The fourth-order valence-electron chi connectivity index (χ4n) is 0.560. The molecule has 80 valence electrons. The van der Waals surface area contributed by atoms with Crippen molar-refractivity contribution in [3.63, 3.8) is 0 Å². The topological polar surface area (TPSA) is 133 Å². The Labute approximate surface area is 116 Å². The summed E-state index contributed by atoms with van der Waals surface area (Å²) in [4.78, 5) is 31.9. The zero-order chi connectivity index (χ0) is 11.3. The van der Waals surface area contributed by atoms with Gasteiger partial charge in [0.1, 0.15) is 12.1 Å². The second-order valence-corrected chi connectivity index (χ2v) is 2.69. The van der Waals surface area contributed by atoms with Gasteiger partial charge in [0, 0.05) is 0 Å². The summed E-state index contributed by atoms with van der Waals surface area (Å²) in [5.41, 5.74) is 9.92. The number of primary amides is 1. The second-order valence-electron chi connectivity index (χ2n) is 2.69. The van der Waals surface area contributed by atoms with Gasteiger partial charge in [-0.05, 0) is 6.92 Å². The van der Waals surface area contributed by atoms with E-state index in [0.717, 1.165) is 6.92 Å². The molecule has 0 aromatic heterocycles. The summed E-state index contributed by atoms with van der Waals surface area (Å²) in [6, 6.07) is -1.28. The van der Waals surface area contributed by atoms with E-state index in [0.29, 0.717) is 0 Å². The standard InChI is InChI=1S/C7H12N2O5.Ca/c1-3(10)6(12)14-7(13)4(8)2-5(9)11;/h3-4,10H,2,8H2,1H3,(H2,9,11);/q;+2. The van der Waals surface area contributed by atoms with Crippen LogP contribution in [0.3, 0.4) is 0 Å². The first-order valence-electron chi connectivity index (χ1n) is 3.82. The number of hydrogen-bond donors (Lipinski definition) is 3. The summed E-state index contributed by atoms with van der Waals surface area (Å²) < 4.78 is 4.11. The molecule has 1 amide bonds. The molecule has 8 heteroatoms. The molecule has 0 rings (SSSR count). The molecule has 0 bridgehead atoms. The molecule has 0 aromatic rings. The van der Waals surface area contributed by atoms with Crippen LogP contribution in [0.25, 0.3) is 0 Å². The number of aliphatic hydroxyl groups excluding tert-OH is 1. The van der Waals surface area contributed by atoms with E-state index in [1.54, 1.807) is 0 Å². The van der Waals surface area contributed by atoms with Crippen molar-refractivity contribution in [3.05, 3.63) is 0 Å². The normalized spacial score (nSPS) is 13.3. The molecule has 0 aliphatic heterocycles. The Morgan fingerprint density at radius 3 is 2.13 bits per heavy atom. The van der Waals surface area contributed by atoms with Gasteiger partial charge in [0.05, 0.1) is 6.42 Å². The molecular weight excluding hydrogens is 232 g/mol. The first kappa shape index (κ1) is 17.2. The number of carbonyl (C=O) groups is 3. The van der Waals surface area contributed by atoms with Crippen LogP contribution in [0.15, 0.2) is 0 Å². The molecule has 7 nitrogen and oxygen atoms in total. The van der Waals surface area contributed by atoms with Crippen LogP contribution in [0.1, 0.15) is 13.3 Å². The summed E-state index contributed by atoms with van der Waals surface area (Å²) in [6.07, 6.45) is -1.83. The Morgan fingerprint density at radius 1 is 1.33 bits per heavy atom. The number of rotatable bonds is 4. The summed E-state index contributed by atoms with van der Waals surface area (Å²) in [5.74, 6) is -2.98. The molecule has 0 radical (unpaired) electrons. The van der Waals surface area contributed by atoms with E-state index in [9.17, 15) is 14.4 Å². The third-order valence-corrected chi connectivity index (χ3v) is 1.27. The van der Waals surface area contributed by atoms with Crippen LogP contribution in [-0.4, -0.2) is 72.8 Å². The van der Waals surface area contributed by atoms with Crippen LogP contribution in [0.5, 0.6) is 0 Å². The molecule has 0 aliphatic rings. The number of nitrogens with two attached hydrogens (primary N) is 2. The van der Waals surface area contributed by atoms with Crippen molar-refractivity contribution in [1.82, 2.24) is 0 Å². The first-order chi connectivity index (χ1) is 6.34. The number of aliphatic hydroxyl groups is 1. The molecule has 0 aromatic carbocycles. The number of hydrogen-bond acceptors (Lipinski definition) is 6. The fraction of sp³-hybridized carbons (Fsp3) is 0.571. The van der Waals surface area contributed by atoms with E-state index in [-0.39, 0.29) is 37.7 Å². The van der Waals surface area contributed by atoms with Gasteiger partial charge in [0.2, 0.25) is 5.91 Å². The van der Waals surface area contributed by atoms with Crippen LogP contribution in [0.2, 0.25) is 0 Å². The average molecular weight is 244 g/mol. The van der Waals surface area contributed by atoms with Gasteiger partial charge in [-0.25, -0.2) is 9.59 Å². The van der Waals surface area contributed by atoms with Crippen LogP contribution in [0.4, 0.5) is 0 Å². The predicted molar refractivity (Wildman–Crippen MR) is 50.3 cm³/mol. The zero-order valence-electron chi connectivity index (χ0n) is 8.30. The molecule has 5 N–H and O–H groups in total. The average Bonchev–Trinajstić information content (AvgIpc) is 2.02. The van der Waals surface area contributed by atoms with Crippen LogP contribution in [0, 0.1) is 0 Å². The van der Waals surface area contributed by atoms with Crippen molar-refractivity contribution in [3.8, 4) is 0 Å². The van der Waals surface area contributed by atoms with Crippen molar-refractivity contribution in [2.45, 2.75) is 25.5 Å². The maximum atomic E-state index is 10.9. The number of esters is 2. The van der Waals surface area contributed by atoms with Gasteiger partial charge in [0.15, 0.2) is 0 Å². The summed E-state index contributed by atoms with van der Waals surface area (Å²) in [7, 11) is 0. The van der Waals surface area contributed by atoms with Crippen LogP contribution in [-0.2, 0) is 19.1 Å². The molecule has 0 heterocycles. The van der Waals surface area contributed by atoms with Gasteiger partial charge in [-0.2, -0.15) is 0 Å². The van der Waals surface area contributed by atoms with Gasteiger partial charge >= 0.3 is 49.7 Å². The number of ether oxygens (including phenoxy) is 1. The fourth-order valence-corrected chi connectivity index (χ4v) is 0.560. The minimum atomic E-state index is -1.42. The summed E-state index contributed by atoms with van der Waals surface area (Å²) in [5, 5.41) is 8.67. The van der Waals surface area contributed by atoms with E-state index in [2.05, 4.69) is 4.74 Å². The Balaban J connectivity index is 0.